The summed E-state index contributed by atoms with van der Waals surface area (Å²) in [6.45, 7) is 4.39. The molecule has 0 spiro atoms. The van der Waals surface area contributed by atoms with Gasteiger partial charge in [0, 0.05) is 22.5 Å². The molecule has 2 aromatic carbocycles. The molecule has 2 aromatic heterocycles. The maximum absolute atomic E-state index is 4.83. The van der Waals surface area contributed by atoms with Gasteiger partial charge in [-0.15, -0.1) is 0 Å². The van der Waals surface area contributed by atoms with E-state index in [2.05, 4.69) is 66.3 Å². The van der Waals surface area contributed by atoms with Crippen LogP contribution in [0.5, 0.6) is 0 Å². The third kappa shape index (κ3) is 3.17. The van der Waals surface area contributed by atoms with Gasteiger partial charge in [-0.2, -0.15) is 0 Å². The van der Waals surface area contributed by atoms with Crippen molar-refractivity contribution in [2.24, 2.45) is 4.99 Å². The second kappa shape index (κ2) is 7.20. The van der Waals surface area contributed by atoms with Crippen LogP contribution in [0, 0.1) is 6.92 Å². The van der Waals surface area contributed by atoms with Crippen LogP contribution in [-0.2, 0) is 6.42 Å². The fourth-order valence-electron chi connectivity index (χ4n) is 3.60. The van der Waals surface area contributed by atoms with E-state index >= 15 is 0 Å². The molecule has 0 aliphatic carbocycles. The number of aryl methyl sites for hydroxylation is 2. The number of aromatic nitrogens is 2. The Morgan fingerprint density at radius 3 is 2.81 bits per heavy atom. The van der Waals surface area contributed by atoms with E-state index in [1.807, 2.05) is 12.4 Å². The normalized spacial score (nSPS) is 11.9. The van der Waals surface area contributed by atoms with Crippen LogP contribution in [0.15, 0.2) is 53.7 Å². The molecule has 0 aliphatic heterocycles. The number of rotatable bonds is 6. The molecule has 0 fully saturated rings. The maximum Gasteiger partial charge on any atom is 0.0874 e. The van der Waals surface area contributed by atoms with E-state index in [0.29, 0.717) is 0 Å². The van der Waals surface area contributed by atoms with Crippen LogP contribution in [-0.4, -0.2) is 16.2 Å². The molecule has 2 N–H and O–H groups in total. The first-order valence-corrected chi connectivity index (χ1v) is 9.47. The molecule has 0 bridgehead atoms. The summed E-state index contributed by atoms with van der Waals surface area (Å²) in [6.07, 6.45) is 8.82. The third-order valence-electron chi connectivity index (χ3n) is 5.10. The zero-order chi connectivity index (χ0) is 17.9. The van der Waals surface area contributed by atoms with Gasteiger partial charge in [-0.05, 0) is 55.2 Å². The minimum atomic E-state index is 1.01. The molecule has 4 aromatic rings. The van der Waals surface area contributed by atoms with Crippen molar-refractivity contribution in [3.8, 4) is 0 Å². The SMILES string of the molecule is CCCCCc1cc(N=Cc2[nH]c3ccccc3c2C)c2[nH]ccc2c1. The molecule has 0 saturated heterocycles. The first-order chi connectivity index (χ1) is 12.8. The van der Waals surface area contributed by atoms with E-state index in [1.54, 1.807) is 0 Å². The van der Waals surface area contributed by atoms with Crippen LogP contribution in [0.1, 0.15) is 43.0 Å². The molecule has 0 radical (unpaired) electrons. The number of unbranched alkanes of at least 4 members (excludes halogenated alkanes) is 2. The van der Waals surface area contributed by atoms with Crippen molar-refractivity contribution in [1.82, 2.24) is 9.97 Å². The largest absolute Gasteiger partial charge is 0.359 e. The Hall–Kier alpha value is -2.81. The zero-order valence-electron chi connectivity index (χ0n) is 15.5. The molecule has 0 unspecified atom stereocenters. The summed E-state index contributed by atoms with van der Waals surface area (Å²) in [4.78, 5) is 11.6. The van der Waals surface area contributed by atoms with Gasteiger partial charge >= 0.3 is 0 Å². The van der Waals surface area contributed by atoms with Crippen molar-refractivity contribution in [3.05, 3.63) is 65.5 Å². The minimum Gasteiger partial charge on any atom is -0.359 e. The van der Waals surface area contributed by atoms with Gasteiger partial charge in [-0.3, -0.25) is 4.99 Å². The molecule has 0 aliphatic rings. The molecule has 3 heteroatoms. The van der Waals surface area contributed by atoms with Gasteiger partial charge in [0.1, 0.15) is 0 Å². The number of para-hydroxylation sites is 1. The average Bonchev–Trinajstić information content (AvgIpc) is 3.25. The van der Waals surface area contributed by atoms with Crippen LogP contribution < -0.4 is 0 Å². The maximum atomic E-state index is 4.83. The second-order valence-electron chi connectivity index (χ2n) is 6.98. The fourth-order valence-corrected chi connectivity index (χ4v) is 3.60. The molecule has 3 nitrogen and oxygen atoms in total. The van der Waals surface area contributed by atoms with Crippen LogP contribution in [0.2, 0.25) is 0 Å². The zero-order valence-corrected chi connectivity index (χ0v) is 15.5. The smallest absolute Gasteiger partial charge is 0.0874 e. The number of H-pyrrole nitrogens is 2. The van der Waals surface area contributed by atoms with Crippen molar-refractivity contribution in [2.45, 2.75) is 39.5 Å². The van der Waals surface area contributed by atoms with E-state index < -0.39 is 0 Å². The van der Waals surface area contributed by atoms with Crippen LogP contribution in [0.25, 0.3) is 21.8 Å². The summed E-state index contributed by atoms with van der Waals surface area (Å²) >= 11 is 0. The molecule has 4 rings (SSSR count). The number of aliphatic imine (C=N–C) groups is 1. The monoisotopic (exact) mass is 343 g/mol. The first kappa shape index (κ1) is 16.6. The average molecular weight is 343 g/mol. The number of nitrogens with one attached hydrogen (secondary N) is 2. The quantitative estimate of drug-likeness (QED) is 0.299. The number of nitrogens with zero attached hydrogens (tertiary/aromatic N) is 1. The number of fused-ring (bicyclic) bond motifs is 2. The second-order valence-corrected chi connectivity index (χ2v) is 6.98. The Morgan fingerprint density at radius 1 is 1.08 bits per heavy atom. The lowest BCUT2D eigenvalue weighted by molar-refractivity contribution is 0.718. The highest BCUT2D eigenvalue weighted by Gasteiger charge is 2.07. The standard InChI is InChI=1S/C23H25N3/c1-3-4-5-8-17-13-18-11-12-24-23(18)21(14-17)25-15-22-16(2)19-9-6-7-10-20(19)26-22/h6-7,9-15,24,26H,3-5,8H2,1-2H3. The highest BCUT2D eigenvalue weighted by Crippen LogP contribution is 2.28. The Balaban J connectivity index is 1.69. The lowest BCUT2D eigenvalue weighted by Gasteiger charge is -2.04. The molecule has 0 amide bonds. The van der Waals surface area contributed by atoms with Gasteiger partial charge in [-0.25, -0.2) is 0 Å². The lowest BCUT2D eigenvalue weighted by atomic mass is 10.0. The van der Waals surface area contributed by atoms with Crippen molar-refractivity contribution in [2.75, 3.05) is 0 Å². The van der Waals surface area contributed by atoms with E-state index in [1.165, 1.54) is 41.2 Å². The predicted octanol–water partition coefficient (Wildman–Crippen LogP) is 6.44. The summed E-state index contributed by atoms with van der Waals surface area (Å²) < 4.78 is 0. The summed E-state index contributed by atoms with van der Waals surface area (Å²) in [5.41, 5.74) is 6.95. The first-order valence-electron chi connectivity index (χ1n) is 9.47. The van der Waals surface area contributed by atoms with Gasteiger partial charge in [-0.1, -0.05) is 38.0 Å². The number of hydrogen-bond acceptors (Lipinski definition) is 1. The third-order valence-corrected chi connectivity index (χ3v) is 5.10. The Kier molecular flexibility index (Phi) is 4.61. The van der Waals surface area contributed by atoms with Crippen molar-refractivity contribution < 1.29 is 0 Å². The molecular weight excluding hydrogens is 318 g/mol. The molecule has 0 atom stereocenters. The molecule has 0 saturated carbocycles. The summed E-state index contributed by atoms with van der Waals surface area (Å²) in [7, 11) is 0. The molecule has 132 valence electrons. The van der Waals surface area contributed by atoms with E-state index in [0.717, 1.165) is 28.8 Å². The Morgan fingerprint density at radius 2 is 1.96 bits per heavy atom. The molecule has 2 heterocycles. The summed E-state index contributed by atoms with van der Waals surface area (Å²) in [5.74, 6) is 0. The topological polar surface area (TPSA) is 43.9 Å². The van der Waals surface area contributed by atoms with Crippen LogP contribution in [0.3, 0.4) is 0 Å². The van der Waals surface area contributed by atoms with Crippen molar-refractivity contribution in [3.63, 3.8) is 0 Å². The van der Waals surface area contributed by atoms with Gasteiger partial charge in [0.25, 0.3) is 0 Å². The fraction of sp³-hybridized carbons (Fsp3) is 0.261. The van der Waals surface area contributed by atoms with Crippen molar-refractivity contribution in [1.29, 1.82) is 0 Å². The summed E-state index contributed by atoms with van der Waals surface area (Å²) in [5, 5.41) is 2.49. The van der Waals surface area contributed by atoms with E-state index in [-0.39, 0.29) is 0 Å². The highest BCUT2D eigenvalue weighted by atomic mass is 14.8. The molecule has 26 heavy (non-hydrogen) atoms. The summed E-state index contributed by atoms with van der Waals surface area (Å²) in [6, 6.07) is 15.0. The Labute approximate surface area is 154 Å². The van der Waals surface area contributed by atoms with Gasteiger partial charge in [0.15, 0.2) is 0 Å². The minimum absolute atomic E-state index is 1.01. The van der Waals surface area contributed by atoms with Gasteiger partial charge < -0.3 is 9.97 Å². The van der Waals surface area contributed by atoms with Crippen molar-refractivity contribution >= 4 is 33.7 Å². The predicted molar refractivity (Wildman–Crippen MR) is 112 cm³/mol. The van der Waals surface area contributed by atoms with Crippen LogP contribution >= 0.6 is 0 Å². The number of aromatic amines is 2. The highest BCUT2D eigenvalue weighted by molar-refractivity contribution is 5.97. The van der Waals surface area contributed by atoms with Crippen LogP contribution in [0.4, 0.5) is 5.69 Å². The lowest BCUT2D eigenvalue weighted by Crippen LogP contribution is -1.87. The number of benzene rings is 2. The number of hydrogen-bond donors (Lipinski definition) is 2. The van der Waals surface area contributed by atoms with E-state index in [9.17, 15) is 0 Å². The van der Waals surface area contributed by atoms with Gasteiger partial charge in [0.2, 0.25) is 0 Å². The van der Waals surface area contributed by atoms with E-state index in [4.69, 9.17) is 4.99 Å². The Bertz CT molecular complexity index is 1070. The van der Waals surface area contributed by atoms with Gasteiger partial charge in [0.05, 0.1) is 23.1 Å². The molecular formula is C23H25N3.